The number of halogens is 2. The molecule has 3 aromatic rings. The Morgan fingerprint density at radius 3 is 2.52 bits per heavy atom. The molecule has 1 aliphatic carbocycles. The molecule has 2 aromatic carbocycles. The van der Waals surface area contributed by atoms with Crippen LogP contribution in [0.25, 0.3) is 16.6 Å². The van der Waals surface area contributed by atoms with Gasteiger partial charge in [0.25, 0.3) is 5.56 Å². The number of nitrogens with zero attached hydrogens (tertiary/aromatic N) is 2. The maximum Gasteiger partial charge on any atom is 0.266 e. The average molecular weight is 341 g/mol. The fourth-order valence-electron chi connectivity index (χ4n) is 3.22. The molecule has 1 fully saturated rings. The lowest BCUT2D eigenvalue weighted by Gasteiger charge is -2.19. The molecule has 1 saturated carbocycles. The predicted octanol–water partition coefficient (Wildman–Crippen LogP) is 3.38. The molecule has 1 aromatic heterocycles. The van der Waals surface area contributed by atoms with Gasteiger partial charge in [-0.05, 0) is 49.4 Å². The van der Waals surface area contributed by atoms with Crippen molar-refractivity contribution in [1.29, 1.82) is 0 Å². The second-order valence-electron chi connectivity index (χ2n) is 6.57. The molecule has 1 aliphatic rings. The summed E-state index contributed by atoms with van der Waals surface area (Å²) in [5.41, 5.74) is 7.35. The quantitative estimate of drug-likeness (QED) is 0.794. The van der Waals surface area contributed by atoms with Gasteiger partial charge in [0.1, 0.15) is 17.5 Å². The van der Waals surface area contributed by atoms with Gasteiger partial charge in [-0.3, -0.25) is 9.36 Å². The highest BCUT2D eigenvalue weighted by Gasteiger charge is 2.33. The van der Waals surface area contributed by atoms with E-state index >= 15 is 0 Å². The number of fused-ring (bicyclic) bond motifs is 1. The number of hydrogen-bond acceptors (Lipinski definition) is 3. The molecule has 1 atom stereocenters. The minimum Gasteiger partial charge on any atom is -0.321 e. The Hall–Kier alpha value is -2.60. The van der Waals surface area contributed by atoms with Gasteiger partial charge in [0.2, 0.25) is 0 Å². The Morgan fingerprint density at radius 2 is 1.88 bits per heavy atom. The van der Waals surface area contributed by atoms with E-state index in [1.807, 2.05) is 19.1 Å². The first-order valence-corrected chi connectivity index (χ1v) is 8.20. The molecule has 1 heterocycles. The summed E-state index contributed by atoms with van der Waals surface area (Å²) in [4.78, 5) is 17.7. The van der Waals surface area contributed by atoms with E-state index in [1.54, 1.807) is 6.07 Å². The van der Waals surface area contributed by atoms with Gasteiger partial charge in [-0.2, -0.15) is 0 Å². The van der Waals surface area contributed by atoms with E-state index in [2.05, 4.69) is 4.98 Å². The molecule has 0 spiro atoms. The summed E-state index contributed by atoms with van der Waals surface area (Å²) < 4.78 is 28.7. The van der Waals surface area contributed by atoms with Crippen LogP contribution in [-0.4, -0.2) is 9.55 Å². The molecule has 4 nitrogen and oxygen atoms in total. The van der Waals surface area contributed by atoms with Crippen LogP contribution in [0.4, 0.5) is 8.78 Å². The topological polar surface area (TPSA) is 60.9 Å². The molecule has 0 aliphatic heterocycles. The standard InChI is InChI=1S/C19H17F2N3O/c1-10-3-2-4-15-16(10)19(25)24(14-8-12(20)7-13(21)9-14)18(23-15)17(22)11-5-6-11/h2-4,7-9,11,17H,5-6,22H2,1H3/t17-/m0/s1. The van der Waals surface area contributed by atoms with Crippen molar-refractivity contribution in [3.05, 3.63) is 69.8 Å². The largest absolute Gasteiger partial charge is 0.321 e. The summed E-state index contributed by atoms with van der Waals surface area (Å²) >= 11 is 0. The van der Waals surface area contributed by atoms with Crippen LogP contribution < -0.4 is 11.3 Å². The highest BCUT2D eigenvalue weighted by molar-refractivity contribution is 5.81. The maximum absolute atomic E-state index is 13.7. The van der Waals surface area contributed by atoms with E-state index in [4.69, 9.17) is 5.73 Å². The number of nitrogens with two attached hydrogens (primary N) is 1. The molecule has 0 bridgehead atoms. The van der Waals surface area contributed by atoms with E-state index in [9.17, 15) is 13.6 Å². The van der Waals surface area contributed by atoms with Gasteiger partial charge >= 0.3 is 0 Å². The molecule has 4 rings (SSSR count). The SMILES string of the molecule is Cc1cccc2nc([C@@H](N)C3CC3)n(-c3cc(F)cc(F)c3)c(=O)c12. The molecule has 0 unspecified atom stereocenters. The highest BCUT2D eigenvalue weighted by Crippen LogP contribution is 2.39. The van der Waals surface area contributed by atoms with Crippen LogP contribution >= 0.6 is 0 Å². The van der Waals surface area contributed by atoms with Gasteiger partial charge in [0.15, 0.2) is 0 Å². The average Bonchev–Trinajstić information content (AvgIpc) is 3.37. The van der Waals surface area contributed by atoms with Gasteiger partial charge in [0.05, 0.1) is 22.6 Å². The van der Waals surface area contributed by atoms with E-state index < -0.39 is 17.7 Å². The van der Waals surface area contributed by atoms with Crippen LogP contribution in [-0.2, 0) is 0 Å². The van der Waals surface area contributed by atoms with E-state index in [0.29, 0.717) is 16.7 Å². The number of aryl methyl sites for hydroxylation is 1. The zero-order chi connectivity index (χ0) is 17.7. The second-order valence-corrected chi connectivity index (χ2v) is 6.57. The van der Waals surface area contributed by atoms with Crippen molar-refractivity contribution in [2.45, 2.75) is 25.8 Å². The summed E-state index contributed by atoms with van der Waals surface area (Å²) in [6.07, 6.45) is 1.92. The molecular weight excluding hydrogens is 324 g/mol. The van der Waals surface area contributed by atoms with Gasteiger partial charge < -0.3 is 5.73 Å². The van der Waals surface area contributed by atoms with Crippen LogP contribution in [0.3, 0.4) is 0 Å². The Kier molecular flexibility index (Phi) is 3.65. The van der Waals surface area contributed by atoms with Crippen LogP contribution in [0.15, 0.2) is 41.2 Å². The second kappa shape index (κ2) is 5.74. The molecule has 6 heteroatoms. The first kappa shape index (κ1) is 15.9. The van der Waals surface area contributed by atoms with Gasteiger partial charge in [-0.1, -0.05) is 12.1 Å². The molecule has 0 amide bonds. The lowest BCUT2D eigenvalue weighted by Crippen LogP contribution is -2.30. The van der Waals surface area contributed by atoms with E-state index in [0.717, 1.165) is 36.6 Å². The number of aromatic nitrogens is 2. The third-order valence-electron chi connectivity index (χ3n) is 4.67. The molecule has 25 heavy (non-hydrogen) atoms. The van der Waals surface area contributed by atoms with Gasteiger partial charge in [-0.25, -0.2) is 13.8 Å². The van der Waals surface area contributed by atoms with Crippen molar-refractivity contribution < 1.29 is 8.78 Å². The third-order valence-corrected chi connectivity index (χ3v) is 4.67. The highest BCUT2D eigenvalue weighted by atomic mass is 19.1. The molecule has 0 radical (unpaired) electrons. The van der Waals surface area contributed by atoms with Crippen LogP contribution in [0.2, 0.25) is 0 Å². The maximum atomic E-state index is 13.7. The monoisotopic (exact) mass is 341 g/mol. The fraction of sp³-hybridized carbons (Fsp3) is 0.263. The Labute approximate surface area is 142 Å². The fourth-order valence-corrected chi connectivity index (χ4v) is 3.22. The molecule has 128 valence electrons. The molecule has 2 N–H and O–H groups in total. The minimum absolute atomic E-state index is 0.103. The lowest BCUT2D eigenvalue weighted by atomic mass is 10.1. The van der Waals surface area contributed by atoms with Crippen molar-refractivity contribution in [2.75, 3.05) is 0 Å². The van der Waals surface area contributed by atoms with Gasteiger partial charge in [-0.15, -0.1) is 0 Å². The Morgan fingerprint density at radius 1 is 1.20 bits per heavy atom. The number of hydrogen-bond donors (Lipinski definition) is 1. The predicted molar refractivity (Wildman–Crippen MR) is 91.6 cm³/mol. The number of benzene rings is 2. The first-order valence-electron chi connectivity index (χ1n) is 8.20. The summed E-state index contributed by atoms with van der Waals surface area (Å²) in [6.45, 7) is 1.81. The summed E-state index contributed by atoms with van der Waals surface area (Å²) in [6, 6.07) is 7.95. The summed E-state index contributed by atoms with van der Waals surface area (Å²) in [7, 11) is 0. The van der Waals surface area contributed by atoms with Crippen molar-refractivity contribution in [1.82, 2.24) is 9.55 Å². The van der Waals surface area contributed by atoms with Gasteiger partial charge in [0, 0.05) is 6.07 Å². The number of rotatable bonds is 3. The van der Waals surface area contributed by atoms with Crippen LogP contribution in [0.5, 0.6) is 0 Å². The summed E-state index contributed by atoms with van der Waals surface area (Å²) in [5, 5.41) is 0.430. The zero-order valence-corrected chi connectivity index (χ0v) is 13.7. The van der Waals surface area contributed by atoms with Crippen LogP contribution in [0, 0.1) is 24.5 Å². The van der Waals surface area contributed by atoms with Crippen molar-refractivity contribution >= 4 is 10.9 Å². The molecular formula is C19H17F2N3O. The smallest absolute Gasteiger partial charge is 0.266 e. The Balaban J connectivity index is 2.09. The zero-order valence-electron chi connectivity index (χ0n) is 13.7. The molecule has 0 saturated heterocycles. The van der Waals surface area contributed by atoms with E-state index in [-0.39, 0.29) is 17.2 Å². The minimum atomic E-state index is -0.752. The first-order chi connectivity index (χ1) is 12.0. The lowest BCUT2D eigenvalue weighted by molar-refractivity contribution is 0.563. The van der Waals surface area contributed by atoms with Crippen molar-refractivity contribution in [3.8, 4) is 5.69 Å². The third kappa shape index (κ3) is 2.72. The van der Waals surface area contributed by atoms with Crippen molar-refractivity contribution in [3.63, 3.8) is 0 Å². The van der Waals surface area contributed by atoms with Crippen molar-refractivity contribution in [2.24, 2.45) is 11.7 Å². The summed E-state index contributed by atoms with van der Waals surface area (Å²) in [5.74, 6) is -0.926. The Bertz CT molecular complexity index is 1020. The van der Waals surface area contributed by atoms with E-state index in [1.165, 1.54) is 4.57 Å². The normalized spacial score (nSPS) is 15.5. The van der Waals surface area contributed by atoms with Crippen LogP contribution in [0.1, 0.15) is 30.3 Å².